The summed E-state index contributed by atoms with van der Waals surface area (Å²) in [7, 11) is 0. The molecule has 3 heterocycles. The molecule has 0 saturated carbocycles. The largest absolute Gasteiger partial charge is 0.477 e. The number of aromatic carboxylic acids is 1. The molecule has 166 valence electrons. The first-order valence-electron chi connectivity index (χ1n) is 9.76. The van der Waals surface area contributed by atoms with Crippen LogP contribution in [0.3, 0.4) is 0 Å². The second kappa shape index (κ2) is 6.32. The lowest BCUT2D eigenvalue weighted by atomic mass is 10.0. The predicted octanol–water partition coefficient (Wildman–Crippen LogP) is 3.19. The molecular formula is C22H17F4N3O3. The maximum absolute atomic E-state index is 15.8. The van der Waals surface area contributed by atoms with Gasteiger partial charge in [-0.2, -0.15) is 0 Å². The number of benzene rings is 2. The van der Waals surface area contributed by atoms with Crippen LogP contribution >= 0.6 is 0 Å². The van der Waals surface area contributed by atoms with Crippen molar-refractivity contribution in [1.82, 2.24) is 9.88 Å². The number of hydrogen-bond acceptors (Lipinski definition) is 4. The van der Waals surface area contributed by atoms with E-state index in [4.69, 9.17) is 0 Å². The van der Waals surface area contributed by atoms with Gasteiger partial charge < -0.3 is 14.6 Å². The van der Waals surface area contributed by atoms with Crippen LogP contribution in [0.1, 0.15) is 24.2 Å². The van der Waals surface area contributed by atoms with E-state index >= 15 is 8.78 Å². The molecular weight excluding hydrogens is 430 g/mol. The molecule has 0 radical (unpaired) electrons. The summed E-state index contributed by atoms with van der Waals surface area (Å²) in [5.41, 5.74) is -3.87. The summed E-state index contributed by atoms with van der Waals surface area (Å²) < 4.78 is 59.7. The van der Waals surface area contributed by atoms with Gasteiger partial charge in [-0.1, -0.05) is 0 Å². The fourth-order valence-electron chi connectivity index (χ4n) is 4.70. The highest BCUT2D eigenvalue weighted by Crippen LogP contribution is 2.47. The van der Waals surface area contributed by atoms with E-state index in [1.54, 1.807) is 0 Å². The third-order valence-corrected chi connectivity index (χ3v) is 6.59. The number of piperazine rings is 1. The van der Waals surface area contributed by atoms with E-state index in [2.05, 4.69) is 5.32 Å². The number of aromatic nitrogens is 1. The number of rotatable bonds is 3. The van der Waals surface area contributed by atoms with Crippen molar-refractivity contribution in [3.05, 3.63) is 69.5 Å². The second-order valence-electron chi connectivity index (χ2n) is 8.71. The SMILES string of the molecule is CC12CN(c3c(F)cc4c(=O)c(C(=O)O)cn(-c5ccc(F)cc5F)c4c3F)CC1(C)N2. The number of carbonyl (C=O) groups is 1. The smallest absolute Gasteiger partial charge is 0.341 e. The van der Waals surface area contributed by atoms with Gasteiger partial charge in [0.25, 0.3) is 0 Å². The molecule has 2 atom stereocenters. The van der Waals surface area contributed by atoms with Gasteiger partial charge in [0, 0.05) is 25.4 Å². The van der Waals surface area contributed by atoms with Gasteiger partial charge in [-0.05, 0) is 32.0 Å². The molecule has 0 bridgehead atoms. The van der Waals surface area contributed by atoms with E-state index in [0.717, 1.165) is 29.0 Å². The molecule has 0 spiro atoms. The van der Waals surface area contributed by atoms with E-state index in [-0.39, 0.29) is 16.8 Å². The molecule has 1 aromatic heterocycles. The molecule has 2 aliphatic rings. The summed E-state index contributed by atoms with van der Waals surface area (Å²) in [5, 5.41) is 12.1. The van der Waals surface area contributed by atoms with Crippen LogP contribution in [0.25, 0.3) is 16.6 Å². The van der Waals surface area contributed by atoms with Gasteiger partial charge in [-0.25, -0.2) is 22.4 Å². The average molecular weight is 447 g/mol. The van der Waals surface area contributed by atoms with Gasteiger partial charge in [0.15, 0.2) is 5.82 Å². The maximum atomic E-state index is 15.8. The van der Waals surface area contributed by atoms with Crippen molar-refractivity contribution in [1.29, 1.82) is 0 Å². The summed E-state index contributed by atoms with van der Waals surface area (Å²) in [6.07, 6.45) is 0.764. The molecule has 5 rings (SSSR count). The van der Waals surface area contributed by atoms with Crippen LogP contribution in [-0.4, -0.2) is 39.8 Å². The zero-order valence-electron chi connectivity index (χ0n) is 17.0. The first kappa shape index (κ1) is 20.5. The zero-order valence-corrected chi connectivity index (χ0v) is 17.0. The summed E-state index contributed by atoms with van der Waals surface area (Å²) in [5.74, 6) is -5.82. The van der Waals surface area contributed by atoms with Crippen molar-refractivity contribution in [2.45, 2.75) is 24.9 Å². The molecule has 2 fully saturated rings. The normalized spacial score (nSPS) is 24.1. The van der Waals surface area contributed by atoms with Gasteiger partial charge >= 0.3 is 5.97 Å². The Morgan fingerprint density at radius 1 is 1.06 bits per heavy atom. The number of hydrogen-bond donors (Lipinski definition) is 2. The molecule has 2 unspecified atom stereocenters. The quantitative estimate of drug-likeness (QED) is 0.476. The van der Waals surface area contributed by atoms with Gasteiger partial charge in [0.1, 0.15) is 28.7 Å². The first-order chi connectivity index (χ1) is 15.0. The molecule has 2 saturated heterocycles. The van der Waals surface area contributed by atoms with Crippen molar-refractivity contribution in [3.63, 3.8) is 0 Å². The fourth-order valence-corrected chi connectivity index (χ4v) is 4.70. The molecule has 2 N–H and O–H groups in total. The number of nitrogens with one attached hydrogen (secondary N) is 1. The molecule has 32 heavy (non-hydrogen) atoms. The van der Waals surface area contributed by atoms with E-state index in [1.807, 2.05) is 13.8 Å². The molecule has 0 amide bonds. The van der Waals surface area contributed by atoms with Crippen LogP contribution in [0.4, 0.5) is 23.2 Å². The lowest BCUT2D eigenvalue weighted by Gasteiger charge is -2.25. The minimum absolute atomic E-state index is 0.297. The second-order valence-corrected chi connectivity index (χ2v) is 8.71. The number of pyridine rings is 1. The highest BCUT2D eigenvalue weighted by Gasteiger charge is 2.66. The number of carboxylic acid groups (broad SMARTS) is 1. The summed E-state index contributed by atoms with van der Waals surface area (Å²) in [4.78, 5) is 25.8. The van der Waals surface area contributed by atoms with E-state index in [1.165, 1.54) is 4.90 Å². The van der Waals surface area contributed by atoms with E-state index in [9.17, 15) is 23.5 Å². The van der Waals surface area contributed by atoms with Crippen LogP contribution in [0.2, 0.25) is 0 Å². The maximum Gasteiger partial charge on any atom is 0.341 e. The van der Waals surface area contributed by atoms with Gasteiger partial charge in [-0.15, -0.1) is 0 Å². The Balaban J connectivity index is 1.83. The number of carboxylic acids is 1. The van der Waals surface area contributed by atoms with Crippen LogP contribution in [0.15, 0.2) is 35.3 Å². The van der Waals surface area contributed by atoms with Gasteiger partial charge in [-0.3, -0.25) is 10.1 Å². The lowest BCUT2D eigenvalue weighted by molar-refractivity contribution is 0.0695. The minimum atomic E-state index is -1.65. The third-order valence-electron chi connectivity index (χ3n) is 6.59. The number of nitrogens with zero attached hydrogens (tertiary/aromatic N) is 2. The predicted molar refractivity (Wildman–Crippen MR) is 108 cm³/mol. The Morgan fingerprint density at radius 3 is 2.31 bits per heavy atom. The standard InChI is InChI=1S/C22H17F4N3O3/c1-21-8-28(9-22(21,2)27-21)18-14(25)6-11-17(16(18)26)29(7-12(19(11)30)20(31)32)15-4-3-10(23)5-13(15)24/h3-7,27H,8-9H2,1-2H3,(H,31,32). The van der Waals surface area contributed by atoms with Crippen LogP contribution < -0.4 is 15.6 Å². The van der Waals surface area contributed by atoms with Crippen LogP contribution in [0.5, 0.6) is 0 Å². The van der Waals surface area contributed by atoms with Gasteiger partial charge in [0.05, 0.1) is 27.7 Å². The first-order valence-corrected chi connectivity index (χ1v) is 9.76. The Hall–Kier alpha value is -3.40. The van der Waals surface area contributed by atoms with Crippen molar-refractivity contribution in [2.24, 2.45) is 0 Å². The summed E-state index contributed by atoms with van der Waals surface area (Å²) in [6.45, 7) is 4.44. The Bertz CT molecular complexity index is 1390. The molecule has 0 aliphatic carbocycles. The highest BCUT2D eigenvalue weighted by atomic mass is 19.1. The van der Waals surface area contributed by atoms with Crippen molar-refractivity contribution < 1.29 is 27.5 Å². The highest BCUT2D eigenvalue weighted by molar-refractivity contribution is 5.94. The van der Waals surface area contributed by atoms with E-state index < -0.39 is 56.8 Å². The molecule has 3 aromatic rings. The lowest BCUT2D eigenvalue weighted by Crippen LogP contribution is -2.33. The number of anilines is 1. The minimum Gasteiger partial charge on any atom is -0.477 e. The van der Waals surface area contributed by atoms with Crippen molar-refractivity contribution in [3.8, 4) is 5.69 Å². The summed E-state index contributed by atoms with van der Waals surface area (Å²) >= 11 is 0. The fraction of sp³-hybridized carbons (Fsp3) is 0.273. The monoisotopic (exact) mass is 447 g/mol. The molecule has 6 nitrogen and oxygen atoms in total. The summed E-state index contributed by atoms with van der Waals surface area (Å²) in [6, 6.07) is 3.21. The molecule has 10 heteroatoms. The third kappa shape index (κ3) is 2.68. The topological polar surface area (TPSA) is 84.5 Å². The van der Waals surface area contributed by atoms with Crippen LogP contribution in [0, 0.1) is 23.3 Å². The van der Waals surface area contributed by atoms with Crippen molar-refractivity contribution in [2.75, 3.05) is 18.0 Å². The van der Waals surface area contributed by atoms with Crippen molar-refractivity contribution >= 4 is 22.6 Å². The Kier molecular flexibility index (Phi) is 4.05. The number of fused-ring (bicyclic) bond motifs is 2. The molecule has 2 aromatic carbocycles. The average Bonchev–Trinajstić information content (AvgIpc) is 3.10. The van der Waals surface area contributed by atoms with E-state index in [0.29, 0.717) is 19.2 Å². The Morgan fingerprint density at radius 2 is 1.72 bits per heavy atom. The molecule has 2 aliphatic heterocycles. The number of halogens is 4. The van der Waals surface area contributed by atoms with Gasteiger partial charge in [0.2, 0.25) is 5.43 Å². The Labute approximate surface area is 178 Å². The van der Waals surface area contributed by atoms with Crippen LogP contribution in [-0.2, 0) is 0 Å². The zero-order chi connectivity index (χ0) is 23.2.